The molecule has 0 radical (unpaired) electrons. The molecule has 7 nitrogen and oxygen atoms in total. The van der Waals surface area contributed by atoms with Crippen molar-refractivity contribution in [2.45, 2.75) is 6.42 Å². The number of fused-ring (bicyclic) bond motifs is 2. The normalized spacial score (nSPS) is 11.3. The molecule has 5 aromatic rings. The van der Waals surface area contributed by atoms with E-state index in [2.05, 4.69) is 38.4 Å². The van der Waals surface area contributed by atoms with E-state index >= 15 is 0 Å². The first-order valence-corrected chi connectivity index (χ1v) is 8.53. The van der Waals surface area contributed by atoms with Crippen molar-refractivity contribution in [2.24, 2.45) is 0 Å². The minimum absolute atomic E-state index is 0.482. The molecule has 0 saturated heterocycles. The summed E-state index contributed by atoms with van der Waals surface area (Å²) in [7, 11) is 0. The fourth-order valence-corrected chi connectivity index (χ4v) is 3.07. The van der Waals surface area contributed by atoms with Gasteiger partial charge < -0.3 is 5.73 Å². The lowest BCUT2D eigenvalue weighted by molar-refractivity contribution is 0.842. The zero-order chi connectivity index (χ0) is 18.2. The van der Waals surface area contributed by atoms with Crippen LogP contribution in [0.2, 0.25) is 0 Å². The third-order valence-electron chi connectivity index (χ3n) is 4.44. The minimum Gasteiger partial charge on any atom is -0.384 e. The summed E-state index contributed by atoms with van der Waals surface area (Å²) >= 11 is 0. The largest absolute Gasteiger partial charge is 0.384 e. The molecule has 5 rings (SSSR count). The van der Waals surface area contributed by atoms with Crippen LogP contribution in [-0.4, -0.2) is 29.8 Å². The van der Waals surface area contributed by atoms with Crippen molar-refractivity contribution in [3.8, 4) is 11.3 Å². The number of anilines is 1. The molecule has 4 aromatic heterocycles. The first-order chi connectivity index (χ1) is 13.3. The summed E-state index contributed by atoms with van der Waals surface area (Å²) in [6.45, 7) is 0. The number of nitrogens with two attached hydrogens (primary N) is 1. The fraction of sp³-hybridized carbons (Fsp3) is 0.0500. The summed E-state index contributed by atoms with van der Waals surface area (Å²) in [4.78, 5) is 8.49. The van der Waals surface area contributed by atoms with E-state index in [-0.39, 0.29) is 0 Å². The molecule has 0 aliphatic heterocycles. The molecule has 27 heavy (non-hydrogen) atoms. The average molecular weight is 353 g/mol. The maximum Gasteiger partial charge on any atom is 0.177 e. The molecule has 0 bridgehead atoms. The van der Waals surface area contributed by atoms with Gasteiger partial charge in [0.15, 0.2) is 11.5 Å². The SMILES string of the molecule is Nc1ccc(-c2ccc3nnc(Cc4ccc5ncccc5c4)n3n2)cn1. The summed E-state index contributed by atoms with van der Waals surface area (Å²) in [6, 6.07) is 17.7. The molecular formula is C20H15N7. The first kappa shape index (κ1) is 15.4. The van der Waals surface area contributed by atoms with E-state index in [1.54, 1.807) is 23.0 Å². The van der Waals surface area contributed by atoms with Crippen LogP contribution < -0.4 is 5.73 Å². The van der Waals surface area contributed by atoms with Crippen molar-refractivity contribution in [3.05, 3.63) is 78.4 Å². The zero-order valence-corrected chi connectivity index (χ0v) is 14.3. The highest BCUT2D eigenvalue weighted by Gasteiger charge is 2.10. The van der Waals surface area contributed by atoms with E-state index in [0.29, 0.717) is 17.9 Å². The van der Waals surface area contributed by atoms with Crippen LogP contribution in [0.5, 0.6) is 0 Å². The van der Waals surface area contributed by atoms with E-state index in [4.69, 9.17) is 10.8 Å². The Bertz CT molecular complexity index is 1260. The van der Waals surface area contributed by atoms with Gasteiger partial charge >= 0.3 is 0 Å². The molecule has 7 heteroatoms. The molecule has 0 aliphatic rings. The predicted octanol–water partition coefficient (Wildman–Crippen LogP) is 2.91. The van der Waals surface area contributed by atoms with Crippen LogP contribution in [-0.2, 0) is 6.42 Å². The maximum absolute atomic E-state index is 5.67. The van der Waals surface area contributed by atoms with Gasteiger partial charge in [-0.2, -0.15) is 9.61 Å². The Morgan fingerprint density at radius 3 is 2.78 bits per heavy atom. The van der Waals surface area contributed by atoms with E-state index in [1.807, 2.05) is 30.3 Å². The summed E-state index contributed by atoms with van der Waals surface area (Å²) < 4.78 is 1.78. The van der Waals surface area contributed by atoms with E-state index in [0.717, 1.165) is 33.5 Å². The van der Waals surface area contributed by atoms with E-state index in [9.17, 15) is 0 Å². The predicted molar refractivity (Wildman–Crippen MR) is 103 cm³/mol. The summed E-state index contributed by atoms with van der Waals surface area (Å²) in [5.41, 5.74) is 10.2. The second-order valence-corrected chi connectivity index (χ2v) is 6.28. The topological polar surface area (TPSA) is 94.9 Å². The number of hydrogen-bond donors (Lipinski definition) is 1. The average Bonchev–Trinajstić information content (AvgIpc) is 3.10. The van der Waals surface area contributed by atoms with Crippen molar-refractivity contribution in [1.29, 1.82) is 0 Å². The number of rotatable bonds is 3. The molecule has 1 aromatic carbocycles. The highest BCUT2D eigenvalue weighted by molar-refractivity contribution is 5.79. The Morgan fingerprint density at radius 2 is 1.89 bits per heavy atom. The summed E-state index contributed by atoms with van der Waals surface area (Å²) in [6.07, 6.45) is 4.14. The Kier molecular flexibility index (Phi) is 3.50. The van der Waals surface area contributed by atoms with Gasteiger partial charge in [-0.1, -0.05) is 12.1 Å². The minimum atomic E-state index is 0.482. The van der Waals surface area contributed by atoms with Gasteiger partial charge in [0, 0.05) is 29.8 Å². The second-order valence-electron chi connectivity index (χ2n) is 6.28. The van der Waals surface area contributed by atoms with Crippen molar-refractivity contribution in [1.82, 2.24) is 29.8 Å². The Labute approximate surface area is 154 Å². The molecule has 0 amide bonds. The van der Waals surface area contributed by atoms with Crippen LogP contribution >= 0.6 is 0 Å². The molecule has 4 heterocycles. The van der Waals surface area contributed by atoms with Crippen molar-refractivity contribution in [3.63, 3.8) is 0 Å². The Morgan fingerprint density at radius 1 is 0.926 bits per heavy atom. The van der Waals surface area contributed by atoms with Gasteiger partial charge in [-0.05, 0) is 48.0 Å². The summed E-state index contributed by atoms with van der Waals surface area (Å²) in [5.74, 6) is 1.26. The number of hydrogen-bond acceptors (Lipinski definition) is 6. The van der Waals surface area contributed by atoms with Gasteiger partial charge in [0.2, 0.25) is 0 Å². The molecule has 0 saturated carbocycles. The second kappa shape index (κ2) is 6.14. The van der Waals surface area contributed by atoms with Gasteiger partial charge in [-0.15, -0.1) is 10.2 Å². The van der Waals surface area contributed by atoms with E-state index < -0.39 is 0 Å². The first-order valence-electron chi connectivity index (χ1n) is 8.53. The van der Waals surface area contributed by atoms with Gasteiger partial charge in [0.05, 0.1) is 11.2 Å². The van der Waals surface area contributed by atoms with Crippen molar-refractivity contribution < 1.29 is 0 Å². The number of aromatic nitrogens is 6. The van der Waals surface area contributed by atoms with Crippen LogP contribution in [0.1, 0.15) is 11.4 Å². The van der Waals surface area contributed by atoms with Crippen LogP contribution in [0, 0.1) is 0 Å². The van der Waals surface area contributed by atoms with Crippen LogP contribution in [0.15, 0.2) is 67.0 Å². The van der Waals surface area contributed by atoms with Gasteiger partial charge in [-0.3, -0.25) is 4.98 Å². The lowest BCUT2D eigenvalue weighted by Gasteiger charge is -2.04. The fourth-order valence-electron chi connectivity index (χ4n) is 3.07. The number of nitrogen functional groups attached to an aromatic ring is 1. The summed E-state index contributed by atoms with van der Waals surface area (Å²) in [5, 5.41) is 14.3. The van der Waals surface area contributed by atoms with Crippen molar-refractivity contribution >= 4 is 22.4 Å². The molecule has 2 N–H and O–H groups in total. The molecule has 0 atom stereocenters. The van der Waals surface area contributed by atoms with Gasteiger partial charge in [0.25, 0.3) is 0 Å². The third-order valence-corrected chi connectivity index (χ3v) is 4.44. The molecule has 0 fully saturated rings. The Balaban J connectivity index is 1.54. The standard InChI is InChI=1S/C20H15N7/c21-18-7-4-15(12-23-18)17-6-8-19-24-25-20(27(19)26-17)11-13-3-5-16-14(10-13)2-1-9-22-16/h1-10,12H,11H2,(H2,21,23). The lowest BCUT2D eigenvalue weighted by atomic mass is 10.1. The van der Waals surface area contributed by atoms with Gasteiger partial charge in [0.1, 0.15) is 5.82 Å². The highest BCUT2D eigenvalue weighted by atomic mass is 15.4. The highest BCUT2D eigenvalue weighted by Crippen LogP contribution is 2.19. The number of pyridine rings is 2. The van der Waals surface area contributed by atoms with Crippen LogP contribution in [0.25, 0.3) is 27.8 Å². The molecule has 0 unspecified atom stereocenters. The van der Waals surface area contributed by atoms with Gasteiger partial charge in [-0.25, -0.2) is 4.98 Å². The Hall–Kier alpha value is -3.87. The molecular weight excluding hydrogens is 338 g/mol. The maximum atomic E-state index is 5.67. The number of nitrogens with zero attached hydrogens (tertiary/aromatic N) is 6. The lowest BCUT2D eigenvalue weighted by Crippen LogP contribution is -2.02. The van der Waals surface area contributed by atoms with Crippen LogP contribution in [0.4, 0.5) is 5.82 Å². The third kappa shape index (κ3) is 2.85. The van der Waals surface area contributed by atoms with Crippen molar-refractivity contribution in [2.75, 3.05) is 5.73 Å². The smallest absolute Gasteiger partial charge is 0.177 e. The quantitative estimate of drug-likeness (QED) is 0.536. The van der Waals surface area contributed by atoms with Crippen LogP contribution in [0.3, 0.4) is 0 Å². The monoisotopic (exact) mass is 353 g/mol. The molecule has 0 aliphatic carbocycles. The molecule has 0 spiro atoms. The number of benzene rings is 1. The zero-order valence-electron chi connectivity index (χ0n) is 14.3. The van der Waals surface area contributed by atoms with E-state index in [1.165, 1.54) is 0 Å². The molecule has 130 valence electrons.